The van der Waals surface area contributed by atoms with Crippen molar-refractivity contribution in [2.75, 3.05) is 0 Å². The van der Waals surface area contributed by atoms with Gasteiger partial charge in [0.1, 0.15) is 17.1 Å². The van der Waals surface area contributed by atoms with Gasteiger partial charge in [-0.2, -0.15) is 0 Å². The van der Waals surface area contributed by atoms with Crippen LogP contribution in [-0.4, -0.2) is 22.3 Å². The van der Waals surface area contributed by atoms with Crippen LogP contribution in [0.15, 0.2) is 12.1 Å². The van der Waals surface area contributed by atoms with E-state index in [1.54, 1.807) is 0 Å². The van der Waals surface area contributed by atoms with Gasteiger partial charge in [0.15, 0.2) is 0 Å². The van der Waals surface area contributed by atoms with Crippen molar-refractivity contribution in [3.63, 3.8) is 0 Å². The number of benzene rings is 1. The quantitative estimate of drug-likeness (QED) is 0.639. The Balaban J connectivity index is 2.67. The summed E-state index contributed by atoms with van der Waals surface area (Å²) >= 11 is 0. The Morgan fingerprint density at radius 2 is 1.42 bits per heavy atom. The second-order valence-electron chi connectivity index (χ2n) is 8.35. The van der Waals surface area contributed by atoms with Gasteiger partial charge in [-0.15, -0.1) is 0 Å². The van der Waals surface area contributed by atoms with Crippen LogP contribution in [0.1, 0.15) is 71.4 Å². The highest BCUT2D eigenvalue weighted by Gasteiger charge is 2.19. The molecule has 0 bridgehead atoms. The van der Waals surface area contributed by atoms with Gasteiger partial charge in [0.05, 0.1) is 0 Å². The highest BCUT2D eigenvalue weighted by molar-refractivity contribution is 5.45. The Hall–Kier alpha value is -1.71. The number of carbonyl (C=O) groups excluding carboxylic acids is 1. The van der Waals surface area contributed by atoms with Crippen LogP contribution >= 0.6 is 0 Å². The lowest BCUT2D eigenvalue weighted by Gasteiger charge is -2.22. The summed E-state index contributed by atoms with van der Waals surface area (Å²) in [4.78, 5) is 10.5. The van der Waals surface area contributed by atoms with Crippen LogP contribution in [0.4, 0.5) is 0 Å². The number of ether oxygens (including phenoxy) is 1. The van der Waals surface area contributed by atoms with Crippen molar-refractivity contribution in [2.45, 2.75) is 78.7 Å². The topological polar surface area (TPSA) is 66.8 Å². The minimum atomic E-state index is -0.496. The Bertz CT molecular complexity index is 541. The molecule has 1 rings (SSSR count). The predicted octanol–water partition coefficient (Wildman–Crippen LogP) is 4.74. The average molecular weight is 336 g/mol. The molecule has 0 aliphatic heterocycles. The molecule has 24 heavy (non-hydrogen) atoms. The molecule has 0 saturated heterocycles. The van der Waals surface area contributed by atoms with Gasteiger partial charge in [0.2, 0.25) is 0 Å². The van der Waals surface area contributed by atoms with E-state index < -0.39 is 5.60 Å². The second-order valence-corrected chi connectivity index (χ2v) is 8.35. The zero-order valence-corrected chi connectivity index (χ0v) is 15.7. The van der Waals surface area contributed by atoms with Crippen LogP contribution in [0.5, 0.6) is 11.5 Å². The second kappa shape index (κ2) is 8.41. The predicted molar refractivity (Wildman–Crippen MR) is 96.3 cm³/mol. The first-order valence-electron chi connectivity index (χ1n) is 8.69. The minimum absolute atomic E-state index is 0.126. The fraction of sp³-hybridized carbons (Fsp3) is 0.650. The first-order valence-corrected chi connectivity index (χ1v) is 8.69. The number of phenolic OH excluding ortho intramolecular Hbond substituents is 2. The first kappa shape index (κ1) is 20.3. The van der Waals surface area contributed by atoms with Gasteiger partial charge in [0, 0.05) is 6.07 Å². The Morgan fingerprint density at radius 3 is 1.88 bits per heavy atom. The van der Waals surface area contributed by atoms with Gasteiger partial charge in [-0.25, -0.2) is 0 Å². The molecular formula is C20H32O4. The number of aromatic hydroxyl groups is 2. The molecule has 0 unspecified atom stereocenters. The van der Waals surface area contributed by atoms with E-state index in [-0.39, 0.29) is 16.9 Å². The lowest BCUT2D eigenvalue weighted by Crippen LogP contribution is -2.23. The van der Waals surface area contributed by atoms with E-state index in [9.17, 15) is 15.0 Å². The SMILES string of the molecule is CC(C)(C)CCCc1cc(CCCC(C)(C)OC=O)c(O)cc1O. The van der Waals surface area contributed by atoms with Crippen molar-refractivity contribution < 1.29 is 19.7 Å². The molecule has 0 radical (unpaired) electrons. The molecular weight excluding hydrogens is 304 g/mol. The maximum atomic E-state index is 10.5. The monoisotopic (exact) mass is 336 g/mol. The van der Waals surface area contributed by atoms with Crippen LogP contribution in [0.3, 0.4) is 0 Å². The van der Waals surface area contributed by atoms with Gasteiger partial charge in [0.25, 0.3) is 6.47 Å². The smallest absolute Gasteiger partial charge is 0.293 e. The summed E-state index contributed by atoms with van der Waals surface area (Å²) in [7, 11) is 0. The summed E-state index contributed by atoms with van der Waals surface area (Å²) in [5.74, 6) is 0.288. The van der Waals surface area contributed by atoms with Gasteiger partial charge in [-0.05, 0) is 75.0 Å². The van der Waals surface area contributed by atoms with E-state index in [1.807, 2.05) is 19.9 Å². The Labute approximate surface area is 145 Å². The maximum absolute atomic E-state index is 10.5. The van der Waals surface area contributed by atoms with Crippen molar-refractivity contribution in [3.05, 3.63) is 23.3 Å². The number of hydrogen-bond acceptors (Lipinski definition) is 4. The number of hydrogen-bond donors (Lipinski definition) is 2. The van der Waals surface area contributed by atoms with Gasteiger partial charge in [-0.3, -0.25) is 4.79 Å². The molecule has 1 aromatic carbocycles. The average Bonchev–Trinajstić information content (AvgIpc) is 2.41. The Kier molecular flexibility index (Phi) is 7.12. The van der Waals surface area contributed by atoms with Crippen LogP contribution in [0, 0.1) is 5.41 Å². The molecule has 0 saturated carbocycles. The lowest BCUT2D eigenvalue weighted by atomic mass is 9.88. The van der Waals surface area contributed by atoms with Gasteiger partial charge >= 0.3 is 0 Å². The third kappa shape index (κ3) is 7.24. The largest absolute Gasteiger partial charge is 0.508 e. The molecule has 0 heterocycles. The molecule has 0 atom stereocenters. The number of aryl methyl sites for hydroxylation is 2. The molecule has 4 heteroatoms. The molecule has 0 spiro atoms. The van der Waals surface area contributed by atoms with Crippen molar-refractivity contribution >= 4 is 6.47 Å². The molecule has 0 fully saturated rings. The number of phenols is 2. The van der Waals surface area contributed by atoms with E-state index in [4.69, 9.17) is 4.74 Å². The molecule has 0 aliphatic rings. The number of carbonyl (C=O) groups is 1. The van der Waals surface area contributed by atoms with E-state index in [0.29, 0.717) is 19.3 Å². The standard InChI is InChI=1S/C20H32O4/c1-19(2,3)10-6-8-15-12-16(18(23)13-17(15)22)9-7-11-20(4,5)24-14-21/h12-14,22-23H,6-11H2,1-5H3. The third-order valence-corrected chi connectivity index (χ3v) is 4.24. The highest BCUT2D eigenvalue weighted by atomic mass is 16.5. The lowest BCUT2D eigenvalue weighted by molar-refractivity contribution is -0.140. The molecule has 2 N–H and O–H groups in total. The van der Waals surface area contributed by atoms with Crippen LogP contribution in [-0.2, 0) is 22.4 Å². The summed E-state index contributed by atoms with van der Waals surface area (Å²) in [5.41, 5.74) is 1.50. The summed E-state index contributed by atoms with van der Waals surface area (Å²) in [6, 6.07) is 3.34. The third-order valence-electron chi connectivity index (χ3n) is 4.24. The van der Waals surface area contributed by atoms with E-state index in [0.717, 1.165) is 36.8 Å². The Morgan fingerprint density at radius 1 is 0.917 bits per heavy atom. The normalized spacial score (nSPS) is 12.2. The summed E-state index contributed by atoms with van der Waals surface area (Å²) < 4.78 is 5.04. The van der Waals surface area contributed by atoms with Gasteiger partial charge < -0.3 is 14.9 Å². The fourth-order valence-corrected chi connectivity index (χ4v) is 2.78. The van der Waals surface area contributed by atoms with Crippen LogP contribution in [0.25, 0.3) is 0 Å². The highest BCUT2D eigenvalue weighted by Crippen LogP contribution is 2.31. The summed E-state index contributed by atoms with van der Waals surface area (Å²) in [6.07, 6.45) is 5.08. The fourth-order valence-electron chi connectivity index (χ4n) is 2.78. The van der Waals surface area contributed by atoms with Crippen molar-refractivity contribution in [3.8, 4) is 11.5 Å². The summed E-state index contributed by atoms with van der Waals surface area (Å²) in [5, 5.41) is 20.1. The first-order chi connectivity index (χ1) is 11.0. The molecule has 0 amide bonds. The van der Waals surface area contributed by atoms with E-state index in [1.165, 1.54) is 6.07 Å². The molecule has 1 aromatic rings. The molecule has 0 aliphatic carbocycles. The van der Waals surface area contributed by atoms with Crippen molar-refractivity contribution in [2.24, 2.45) is 5.41 Å². The zero-order chi connectivity index (χ0) is 18.4. The van der Waals surface area contributed by atoms with Crippen molar-refractivity contribution in [1.82, 2.24) is 0 Å². The van der Waals surface area contributed by atoms with E-state index >= 15 is 0 Å². The van der Waals surface area contributed by atoms with Crippen LogP contribution in [0.2, 0.25) is 0 Å². The zero-order valence-electron chi connectivity index (χ0n) is 15.7. The van der Waals surface area contributed by atoms with Crippen molar-refractivity contribution in [1.29, 1.82) is 0 Å². The van der Waals surface area contributed by atoms with Crippen LogP contribution < -0.4 is 0 Å². The maximum Gasteiger partial charge on any atom is 0.293 e. The molecule has 0 aromatic heterocycles. The summed E-state index contributed by atoms with van der Waals surface area (Å²) in [6.45, 7) is 10.8. The number of rotatable bonds is 9. The molecule has 4 nitrogen and oxygen atoms in total. The van der Waals surface area contributed by atoms with E-state index in [2.05, 4.69) is 20.8 Å². The minimum Gasteiger partial charge on any atom is -0.508 e. The molecule has 136 valence electrons. The van der Waals surface area contributed by atoms with Gasteiger partial charge in [-0.1, -0.05) is 20.8 Å².